The molecule has 8 heteroatoms. The highest BCUT2D eigenvalue weighted by atomic mass is 32.2. The Morgan fingerprint density at radius 1 is 1.17 bits per heavy atom. The average Bonchev–Trinajstić information content (AvgIpc) is 3.26. The molecule has 1 aromatic heterocycles. The molecule has 0 bridgehead atoms. The van der Waals surface area contributed by atoms with Gasteiger partial charge >= 0.3 is 5.97 Å². The van der Waals surface area contributed by atoms with Gasteiger partial charge in [-0.05, 0) is 43.3 Å². The summed E-state index contributed by atoms with van der Waals surface area (Å²) in [6, 6.07) is 14.7. The number of carbonyl (C=O) groups is 2. The van der Waals surface area contributed by atoms with E-state index >= 15 is 0 Å². The van der Waals surface area contributed by atoms with Crippen molar-refractivity contribution in [2.24, 2.45) is 0 Å². The second-order valence-corrected chi connectivity index (χ2v) is 8.48. The fourth-order valence-corrected chi connectivity index (χ4v) is 4.19. The lowest BCUT2D eigenvalue weighted by Crippen LogP contribution is -2.30. The molecule has 0 aliphatic heterocycles. The summed E-state index contributed by atoms with van der Waals surface area (Å²) in [4.78, 5) is 32.2. The molecular weight excluding hydrogens is 418 g/mol. The molecule has 156 valence electrons. The van der Waals surface area contributed by atoms with Gasteiger partial charge in [0.25, 0.3) is 5.91 Å². The van der Waals surface area contributed by atoms with Gasteiger partial charge in [-0.25, -0.2) is 9.78 Å². The van der Waals surface area contributed by atoms with Crippen LogP contribution < -0.4 is 10.2 Å². The Bertz CT molecular complexity index is 989. The van der Waals surface area contributed by atoms with Gasteiger partial charge in [0.1, 0.15) is 0 Å². The lowest BCUT2D eigenvalue weighted by atomic mass is 10.2. The van der Waals surface area contributed by atoms with Crippen molar-refractivity contribution in [3.05, 3.63) is 70.7 Å². The van der Waals surface area contributed by atoms with Crippen LogP contribution in [0.15, 0.2) is 64.3 Å². The minimum atomic E-state index is -0.928. The molecule has 0 aliphatic rings. The van der Waals surface area contributed by atoms with Crippen molar-refractivity contribution < 1.29 is 14.3 Å². The van der Waals surface area contributed by atoms with E-state index in [0.717, 1.165) is 16.3 Å². The fraction of sp³-hybridized carbons (Fsp3) is 0.227. The first-order valence-electron chi connectivity index (χ1n) is 9.32. The summed E-state index contributed by atoms with van der Waals surface area (Å²) in [7, 11) is 3.89. The van der Waals surface area contributed by atoms with Gasteiger partial charge in [0.15, 0.2) is 6.10 Å². The molecule has 0 aliphatic carbocycles. The van der Waals surface area contributed by atoms with Crippen LogP contribution in [-0.4, -0.2) is 37.1 Å². The van der Waals surface area contributed by atoms with E-state index in [4.69, 9.17) is 4.74 Å². The Kier molecular flexibility index (Phi) is 7.48. The largest absolute Gasteiger partial charge is 0.449 e. The molecule has 30 heavy (non-hydrogen) atoms. The number of rotatable bonds is 8. The van der Waals surface area contributed by atoms with Gasteiger partial charge in [0.05, 0.1) is 16.8 Å². The van der Waals surface area contributed by atoms with Crippen LogP contribution in [0.3, 0.4) is 0 Å². The summed E-state index contributed by atoms with van der Waals surface area (Å²) in [5.41, 5.74) is 4.85. The summed E-state index contributed by atoms with van der Waals surface area (Å²) < 4.78 is 5.42. The smallest absolute Gasteiger partial charge is 0.340 e. The third-order valence-electron chi connectivity index (χ3n) is 4.27. The molecule has 1 amide bonds. The third kappa shape index (κ3) is 5.84. The van der Waals surface area contributed by atoms with Crippen LogP contribution in [0.5, 0.6) is 0 Å². The van der Waals surface area contributed by atoms with Gasteiger partial charge < -0.3 is 15.0 Å². The number of benzene rings is 2. The molecular formula is C22H23N3O3S2. The molecule has 0 radical (unpaired) electrons. The zero-order valence-electron chi connectivity index (χ0n) is 17.0. The van der Waals surface area contributed by atoms with Crippen molar-refractivity contribution in [3.8, 4) is 0 Å². The van der Waals surface area contributed by atoms with E-state index in [9.17, 15) is 9.59 Å². The van der Waals surface area contributed by atoms with E-state index in [1.807, 2.05) is 60.8 Å². The van der Waals surface area contributed by atoms with Crippen LogP contribution in [0, 0.1) is 0 Å². The quantitative estimate of drug-likeness (QED) is 0.404. The monoisotopic (exact) mass is 441 g/mol. The van der Waals surface area contributed by atoms with Gasteiger partial charge in [0.2, 0.25) is 0 Å². The topological polar surface area (TPSA) is 71.5 Å². The molecule has 0 spiro atoms. The van der Waals surface area contributed by atoms with Gasteiger partial charge in [-0.3, -0.25) is 4.79 Å². The number of thioether (sulfide) groups is 1. The highest BCUT2D eigenvalue weighted by Gasteiger charge is 2.21. The standard InChI is InChI=1S/C22H23N3O3S2/c1-15(21(26)24-16-8-10-18(11-9-16)25(2)3)28-22(27)19-6-4-5-7-20(19)30-13-17-12-29-14-23-17/h4-12,14-15H,13H2,1-3H3,(H,24,26). The zero-order valence-corrected chi connectivity index (χ0v) is 18.6. The van der Waals surface area contributed by atoms with Gasteiger partial charge in [-0.2, -0.15) is 0 Å². The van der Waals surface area contributed by atoms with Crippen molar-refractivity contribution in [1.29, 1.82) is 0 Å². The number of ether oxygens (including phenoxy) is 1. The molecule has 3 aromatic rings. The average molecular weight is 442 g/mol. The minimum Gasteiger partial charge on any atom is -0.449 e. The number of carbonyl (C=O) groups excluding carboxylic acids is 2. The molecule has 0 saturated heterocycles. The predicted molar refractivity (Wildman–Crippen MR) is 122 cm³/mol. The Labute approximate surface area is 184 Å². The molecule has 1 N–H and O–H groups in total. The van der Waals surface area contributed by atoms with E-state index < -0.39 is 12.1 Å². The summed E-state index contributed by atoms with van der Waals surface area (Å²) in [6.07, 6.45) is -0.928. The first kappa shape index (κ1) is 21.9. The maximum Gasteiger partial charge on any atom is 0.340 e. The van der Waals surface area contributed by atoms with Gasteiger partial charge in [0, 0.05) is 41.5 Å². The maximum atomic E-state index is 12.7. The Hall–Kier alpha value is -2.84. The van der Waals surface area contributed by atoms with Gasteiger partial charge in [-0.1, -0.05) is 12.1 Å². The van der Waals surface area contributed by atoms with Crippen molar-refractivity contribution in [2.45, 2.75) is 23.7 Å². The number of aromatic nitrogens is 1. The molecule has 0 saturated carbocycles. The Balaban J connectivity index is 1.60. The second-order valence-electron chi connectivity index (χ2n) is 6.74. The molecule has 2 aromatic carbocycles. The predicted octanol–water partition coefficient (Wildman–Crippen LogP) is 4.69. The number of hydrogen-bond donors (Lipinski definition) is 1. The van der Waals surface area contributed by atoms with E-state index in [-0.39, 0.29) is 5.91 Å². The number of nitrogens with one attached hydrogen (secondary N) is 1. The highest BCUT2D eigenvalue weighted by Crippen LogP contribution is 2.27. The van der Waals surface area contributed by atoms with E-state index in [1.54, 1.807) is 24.6 Å². The second kappa shape index (κ2) is 10.3. The summed E-state index contributed by atoms with van der Waals surface area (Å²) in [6.45, 7) is 1.56. The van der Waals surface area contributed by atoms with E-state index in [0.29, 0.717) is 17.0 Å². The minimum absolute atomic E-state index is 0.381. The number of hydrogen-bond acceptors (Lipinski definition) is 7. The van der Waals surface area contributed by atoms with Crippen LogP contribution in [0.25, 0.3) is 0 Å². The molecule has 1 unspecified atom stereocenters. The first-order valence-corrected chi connectivity index (χ1v) is 11.2. The number of nitrogens with zero attached hydrogens (tertiary/aromatic N) is 2. The van der Waals surface area contributed by atoms with Crippen LogP contribution in [0.2, 0.25) is 0 Å². The molecule has 1 atom stereocenters. The number of amides is 1. The molecule has 3 rings (SSSR count). The zero-order chi connectivity index (χ0) is 21.5. The molecule has 1 heterocycles. The van der Waals surface area contributed by atoms with Crippen molar-refractivity contribution >= 4 is 46.3 Å². The number of anilines is 2. The number of thiazole rings is 1. The van der Waals surface area contributed by atoms with Crippen molar-refractivity contribution in [3.63, 3.8) is 0 Å². The number of esters is 1. The van der Waals surface area contributed by atoms with Crippen molar-refractivity contribution in [1.82, 2.24) is 4.98 Å². The normalized spacial score (nSPS) is 11.6. The van der Waals surface area contributed by atoms with Crippen LogP contribution >= 0.6 is 23.1 Å². The molecule has 6 nitrogen and oxygen atoms in total. The fourth-order valence-electron chi connectivity index (χ4n) is 2.59. The summed E-state index contributed by atoms with van der Waals surface area (Å²) in [5.74, 6) is -0.247. The van der Waals surface area contributed by atoms with Gasteiger partial charge in [-0.15, -0.1) is 23.1 Å². The Morgan fingerprint density at radius 3 is 2.57 bits per heavy atom. The molecule has 0 fully saturated rings. The summed E-state index contributed by atoms with van der Waals surface area (Å²) in [5, 5.41) is 4.75. The lowest BCUT2D eigenvalue weighted by molar-refractivity contribution is -0.123. The van der Waals surface area contributed by atoms with Crippen LogP contribution in [0.4, 0.5) is 11.4 Å². The van der Waals surface area contributed by atoms with E-state index in [2.05, 4.69) is 10.3 Å². The van der Waals surface area contributed by atoms with Crippen molar-refractivity contribution in [2.75, 3.05) is 24.3 Å². The first-order chi connectivity index (χ1) is 14.4. The lowest BCUT2D eigenvalue weighted by Gasteiger charge is -2.16. The highest BCUT2D eigenvalue weighted by molar-refractivity contribution is 7.98. The van der Waals surface area contributed by atoms with Crippen LogP contribution in [-0.2, 0) is 15.3 Å². The summed E-state index contributed by atoms with van der Waals surface area (Å²) >= 11 is 3.05. The third-order valence-corrected chi connectivity index (χ3v) is 6.01. The Morgan fingerprint density at radius 2 is 1.90 bits per heavy atom. The maximum absolute atomic E-state index is 12.7. The SMILES string of the molecule is CC(OC(=O)c1ccccc1SCc1cscn1)C(=O)Nc1ccc(N(C)C)cc1. The van der Waals surface area contributed by atoms with Crippen LogP contribution in [0.1, 0.15) is 23.0 Å². The van der Waals surface area contributed by atoms with E-state index in [1.165, 1.54) is 23.1 Å².